The number of nitrogens with zero attached hydrogens (tertiary/aromatic N) is 1. The summed E-state index contributed by atoms with van der Waals surface area (Å²) in [4.78, 5) is 11.2. The molecule has 0 spiro atoms. The van der Waals surface area contributed by atoms with Crippen LogP contribution < -0.4 is 5.32 Å². The molecule has 0 aliphatic carbocycles. The maximum Gasteiger partial charge on any atom is 0.409 e. The third kappa shape index (κ3) is 5.29. The van der Waals surface area contributed by atoms with E-state index in [1.165, 1.54) is 6.07 Å². The van der Waals surface area contributed by atoms with Gasteiger partial charge in [-0.1, -0.05) is 30.3 Å². The number of alkyl halides is 3. The van der Waals surface area contributed by atoms with E-state index in [1.807, 2.05) is 0 Å². The first-order valence-corrected chi connectivity index (χ1v) is 5.34. The summed E-state index contributed by atoms with van der Waals surface area (Å²) in [6.45, 7) is -0.135. The molecule has 19 heavy (non-hydrogen) atoms. The Hall–Kier alpha value is -2.23. The lowest BCUT2D eigenvalue weighted by atomic mass is 10.2. The number of rotatable bonds is 4. The van der Waals surface area contributed by atoms with Crippen molar-refractivity contribution < 1.29 is 22.7 Å². The van der Waals surface area contributed by atoms with E-state index in [1.54, 1.807) is 35.6 Å². The van der Waals surface area contributed by atoms with Gasteiger partial charge in [0.25, 0.3) is 0 Å². The molecular formula is C12H11F3N2O2. The molecule has 1 amide bonds. The van der Waals surface area contributed by atoms with E-state index in [4.69, 9.17) is 5.26 Å². The Morgan fingerprint density at radius 1 is 1.37 bits per heavy atom. The lowest BCUT2D eigenvalue weighted by Gasteiger charge is -2.18. The quantitative estimate of drug-likeness (QED) is 0.916. The van der Waals surface area contributed by atoms with Gasteiger partial charge < -0.3 is 10.1 Å². The van der Waals surface area contributed by atoms with E-state index in [-0.39, 0.29) is 6.61 Å². The molecule has 7 heteroatoms. The first-order chi connectivity index (χ1) is 8.93. The summed E-state index contributed by atoms with van der Waals surface area (Å²) >= 11 is 0. The van der Waals surface area contributed by atoms with E-state index >= 15 is 0 Å². The second-order valence-electron chi connectivity index (χ2n) is 3.66. The van der Waals surface area contributed by atoms with Crippen molar-refractivity contribution in [2.45, 2.75) is 25.2 Å². The zero-order valence-corrected chi connectivity index (χ0v) is 9.78. The van der Waals surface area contributed by atoms with Gasteiger partial charge in [0.1, 0.15) is 12.6 Å². The highest BCUT2D eigenvalue weighted by Crippen LogP contribution is 2.22. The molecule has 1 unspecified atom stereocenters. The number of ether oxygens (including phenoxy) is 1. The van der Waals surface area contributed by atoms with E-state index in [0.29, 0.717) is 5.56 Å². The number of amides is 1. The van der Waals surface area contributed by atoms with Crippen LogP contribution >= 0.6 is 0 Å². The molecule has 1 rings (SSSR count). The van der Waals surface area contributed by atoms with Gasteiger partial charge in [-0.2, -0.15) is 18.4 Å². The lowest BCUT2D eigenvalue weighted by Crippen LogP contribution is -2.45. The van der Waals surface area contributed by atoms with Gasteiger partial charge in [-0.3, -0.25) is 0 Å². The predicted molar refractivity (Wildman–Crippen MR) is 59.8 cm³/mol. The molecule has 0 aliphatic rings. The van der Waals surface area contributed by atoms with Crippen LogP contribution in [-0.2, 0) is 11.3 Å². The number of hydrogen-bond acceptors (Lipinski definition) is 3. The molecule has 0 fully saturated rings. The third-order valence-corrected chi connectivity index (χ3v) is 2.20. The highest BCUT2D eigenvalue weighted by molar-refractivity contribution is 5.67. The summed E-state index contributed by atoms with van der Waals surface area (Å²) in [5, 5.41) is 9.90. The fourth-order valence-corrected chi connectivity index (χ4v) is 1.25. The van der Waals surface area contributed by atoms with Crippen molar-refractivity contribution in [3.05, 3.63) is 35.9 Å². The molecule has 1 aromatic carbocycles. The normalized spacial score (nSPS) is 12.3. The number of halogens is 3. The van der Waals surface area contributed by atoms with Crippen LogP contribution in [0.3, 0.4) is 0 Å². The zero-order valence-electron chi connectivity index (χ0n) is 9.78. The Kier molecular flexibility index (Phi) is 5.18. The van der Waals surface area contributed by atoms with E-state index in [0.717, 1.165) is 0 Å². The largest absolute Gasteiger partial charge is 0.445 e. The molecule has 102 valence electrons. The summed E-state index contributed by atoms with van der Waals surface area (Å²) in [5.74, 6) is 0. The minimum Gasteiger partial charge on any atom is -0.445 e. The van der Waals surface area contributed by atoms with Gasteiger partial charge in [0.15, 0.2) is 0 Å². The molecule has 0 heterocycles. The van der Waals surface area contributed by atoms with Crippen LogP contribution in [0.25, 0.3) is 0 Å². The van der Waals surface area contributed by atoms with Crippen molar-refractivity contribution in [1.82, 2.24) is 5.32 Å². The van der Waals surface area contributed by atoms with Crippen molar-refractivity contribution >= 4 is 6.09 Å². The summed E-state index contributed by atoms with van der Waals surface area (Å²) in [6.07, 6.45) is -6.74. The number of hydrogen-bond donors (Lipinski definition) is 1. The number of alkyl carbamates (subject to hydrolysis) is 1. The van der Waals surface area contributed by atoms with Crippen LogP contribution in [0.1, 0.15) is 12.0 Å². The Balaban J connectivity index is 2.48. The second-order valence-corrected chi connectivity index (χ2v) is 3.66. The smallest absolute Gasteiger partial charge is 0.409 e. The molecule has 1 aromatic rings. The lowest BCUT2D eigenvalue weighted by molar-refractivity contribution is -0.153. The Bertz CT molecular complexity index is 454. The molecule has 0 saturated carbocycles. The van der Waals surface area contributed by atoms with Crippen LogP contribution in [0.15, 0.2) is 30.3 Å². The van der Waals surface area contributed by atoms with Crippen molar-refractivity contribution in [2.24, 2.45) is 0 Å². The van der Waals surface area contributed by atoms with Gasteiger partial charge in [-0.05, 0) is 5.56 Å². The number of carbonyl (C=O) groups excluding carboxylic acids is 1. The first-order valence-electron chi connectivity index (χ1n) is 5.34. The topological polar surface area (TPSA) is 62.1 Å². The predicted octanol–water partition coefficient (Wildman–Crippen LogP) is 2.76. The SMILES string of the molecule is N#CCC(NC(=O)OCc1ccccc1)C(F)(F)F. The fourth-order valence-electron chi connectivity index (χ4n) is 1.25. The maximum atomic E-state index is 12.4. The van der Waals surface area contributed by atoms with Crippen LogP contribution in [0.2, 0.25) is 0 Å². The molecule has 0 radical (unpaired) electrons. The van der Waals surface area contributed by atoms with Crippen LogP contribution in [-0.4, -0.2) is 18.3 Å². The second kappa shape index (κ2) is 6.64. The van der Waals surface area contributed by atoms with E-state index < -0.39 is 24.7 Å². The third-order valence-electron chi connectivity index (χ3n) is 2.20. The van der Waals surface area contributed by atoms with Gasteiger partial charge in [-0.25, -0.2) is 4.79 Å². The monoisotopic (exact) mass is 272 g/mol. The van der Waals surface area contributed by atoms with Gasteiger partial charge in [0, 0.05) is 0 Å². The van der Waals surface area contributed by atoms with Crippen LogP contribution in [0, 0.1) is 11.3 Å². The molecule has 4 nitrogen and oxygen atoms in total. The standard InChI is InChI=1S/C12H11F3N2O2/c13-12(14,15)10(6-7-16)17-11(18)19-8-9-4-2-1-3-5-9/h1-5,10H,6,8H2,(H,17,18). The molecule has 1 atom stereocenters. The molecular weight excluding hydrogens is 261 g/mol. The molecule has 0 saturated heterocycles. The van der Waals surface area contributed by atoms with Crippen molar-refractivity contribution in [3.8, 4) is 6.07 Å². The van der Waals surface area contributed by atoms with E-state index in [9.17, 15) is 18.0 Å². The minimum absolute atomic E-state index is 0.135. The van der Waals surface area contributed by atoms with Crippen molar-refractivity contribution in [2.75, 3.05) is 0 Å². The highest BCUT2D eigenvalue weighted by atomic mass is 19.4. The Morgan fingerprint density at radius 2 is 2.00 bits per heavy atom. The zero-order chi connectivity index (χ0) is 14.3. The molecule has 0 aliphatic heterocycles. The van der Waals surface area contributed by atoms with Crippen LogP contribution in [0.5, 0.6) is 0 Å². The van der Waals surface area contributed by atoms with Crippen LogP contribution in [0.4, 0.5) is 18.0 Å². The Morgan fingerprint density at radius 3 is 2.53 bits per heavy atom. The van der Waals surface area contributed by atoms with Gasteiger partial charge in [0.2, 0.25) is 0 Å². The van der Waals surface area contributed by atoms with E-state index in [2.05, 4.69) is 4.74 Å². The average molecular weight is 272 g/mol. The van der Waals surface area contributed by atoms with Gasteiger partial charge in [0.05, 0.1) is 12.5 Å². The molecule has 1 N–H and O–H groups in total. The first kappa shape index (κ1) is 14.8. The summed E-state index contributed by atoms with van der Waals surface area (Å²) < 4.78 is 41.9. The van der Waals surface area contributed by atoms with Gasteiger partial charge in [-0.15, -0.1) is 0 Å². The van der Waals surface area contributed by atoms with Crippen molar-refractivity contribution in [1.29, 1.82) is 5.26 Å². The average Bonchev–Trinajstić information content (AvgIpc) is 2.36. The number of nitrogens with one attached hydrogen (secondary N) is 1. The maximum absolute atomic E-state index is 12.4. The van der Waals surface area contributed by atoms with Crippen molar-refractivity contribution in [3.63, 3.8) is 0 Å². The number of carbonyl (C=O) groups is 1. The number of nitriles is 1. The molecule has 0 bridgehead atoms. The summed E-state index contributed by atoms with van der Waals surface area (Å²) in [6, 6.07) is 7.67. The minimum atomic E-state index is -4.68. The number of benzene rings is 1. The fraction of sp³-hybridized carbons (Fsp3) is 0.333. The summed E-state index contributed by atoms with van der Waals surface area (Å²) in [7, 11) is 0. The molecule has 0 aromatic heterocycles. The van der Waals surface area contributed by atoms with Gasteiger partial charge >= 0.3 is 12.3 Å². The summed E-state index contributed by atoms with van der Waals surface area (Å²) in [5.41, 5.74) is 0.654. The highest BCUT2D eigenvalue weighted by Gasteiger charge is 2.40. The Labute approximate surface area is 107 Å².